The van der Waals surface area contributed by atoms with E-state index in [1.54, 1.807) is 54.3 Å². The normalized spacial score (nSPS) is 14.1. The summed E-state index contributed by atoms with van der Waals surface area (Å²) in [4.78, 5) is 44.4. The van der Waals surface area contributed by atoms with Crippen LogP contribution in [-0.2, 0) is 9.53 Å². The van der Waals surface area contributed by atoms with Gasteiger partial charge in [-0.15, -0.1) is 0 Å². The molecule has 0 spiro atoms. The molecule has 4 rings (SSSR count). The average molecular weight is 476 g/mol. The summed E-state index contributed by atoms with van der Waals surface area (Å²) in [5, 5.41) is 0.448. The summed E-state index contributed by atoms with van der Waals surface area (Å²) in [7, 11) is 1.38. The summed E-state index contributed by atoms with van der Waals surface area (Å²) in [5.41, 5.74) is 2.41. The minimum absolute atomic E-state index is 0.0973. The van der Waals surface area contributed by atoms with Gasteiger partial charge in [-0.05, 0) is 74.7 Å². The van der Waals surface area contributed by atoms with Gasteiger partial charge in [0.15, 0.2) is 0 Å². The molecule has 1 aliphatic rings. The number of hydrogen-bond donors (Lipinski definition) is 0. The summed E-state index contributed by atoms with van der Waals surface area (Å²) in [6.45, 7) is 8.85. The highest BCUT2D eigenvalue weighted by molar-refractivity contribution is 5.94. The van der Waals surface area contributed by atoms with Crippen LogP contribution in [-0.4, -0.2) is 53.1 Å². The van der Waals surface area contributed by atoms with E-state index in [0.717, 1.165) is 5.57 Å². The van der Waals surface area contributed by atoms with Gasteiger partial charge in [0, 0.05) is 18.7 Å². The zero-order chi connectivity index (χ0) is 25.1. The SMILES string of the molecule is C=C(C)COc1ccc2nc(C)n(-c3ccc(C(=O)N4CCC(C(=O)OC)CC4)cc3)c(=O)c2c1. The average Bonchev–Trinajstić information content (AvgIpc) is 2.87. The number of piperidine rings is 1. The van der Waals surface area contributed by atoms with Crippen LogP contribution in [0.2, 0.25) is 0 Å². The van der Waals surface area contributed by atoms with Gasteiger partial charge < -0.3 is 14.4 Å². The van der Waals surface area contributed by atoms with E-state index in [0.29, 0.717) is 66.3 Å². The Kier molecular flexibility index (Phi) is 7.00. The second-order valence-corrected chi connectivity index (χ2v) is 8.86. The molecule has 182 valence electrons. The number of amides is 1. The molecular weight excluding hydrogens is 446 g/mol. The van der Waals surface area contributed by atoms with Crippen molar-refractivity contribution in [2.24, 2.45) is 5.92 Å². The van der Waals surface area contributed by atoms with E-state index in [2.05, 4.69) is 11.6 Å². The number of carbonyl (C=O) groups is 2. The number of hydrogen-bond acceptors (Lipinski definition) is 6. The Bertz CT molecular complexity index is 1340. The maximum atomic E-state index is 13.4. The van der Waals surface area contributed by atoms with E-state index >= 15 is 0 Å². The number of esters is 1. The number of nitrogens with zero attached hydrogens (tertiary/aromatic N) is 3. The minimum atomic E-state index is -0.222. The first-order chi connectivity index (χ1) is 16.8. The van der Waals surface area contributed by atoms with Crippen LogP contribution in [0.3, 0.4) is 0 Å². The molecule has 1 amide bonds. The number of aryl methyl sites for hydroxylation is 1. The van der Waals surface area contributed by atoms with E-state index in [9.17, 15) is 14.4 Å². The lowest BCUT2D eigenvalue weighted by atomic mass is 9.96. The van der Waals surface area contributed by atoms with Gasteiger partial charge in [0.2, 0.25) is 0 Å². The lowest BCUT2D eigenvalue weighted by molar-refractivity contribution is -0.146. The smallest absolute Gasteiger partial charge is 0.308 e. The summed E-state index contributed by atoms with van der Waals surface area (Å²) < 4.78 is 12.0. The Labute approximate surface area is 203 Å². The molecule has 0 radical (unpaired) electrons. The molecule has 1 fully saturated rings. The van der Waals surface area contributed by atoms with E-state index in [1.165, 1.54) is 11.7 Å². The fourth-order valence-corrected chi connectivity index (χ4v) is 4.30. The van der Waals surface area contributed by atoms with Crippen molar-refractivity contribution < 1.29 is 19.1 Å². The van der Waals surface area contributed by atoms with Gasteiger partial charge in [-0.1, -0.05) is 6.58 Å². The molecule has 0 N–H and O–H groups in total. The first-order valence-corrected chi connectivity index (χ1v) is 11.6. The lowest BCUT2D eigenvalue weighted by Gasteiger charge is -2.30. The van der Waals surface area contributed by atoms with Crippen LogP contribution < -0.4 is 10.3 Å². The predicted molar refractivity (Wildman–Crippen MR) is 133 cm³/mol. The van der Waals surface area contributed by atoms with Crippen molar-refractivity contribution >= 4 is 22.8 Å². The molecule has 2 heterocycles. The van der Waals surface area contributed by atoms with E-state index in [4.69, 9.17) is 9.47 Å². The number of aromatic nitrogens is 2. The Morgan fingerprint density at radius 1 is 1.11 bits per heavy atom. The van der Waals surface area contributed by atoms with E-state index < -0.39 is 0 Å². The van der Waals surface area contributed by atoms with Gasteiger partial charge >= 0.3 is 5.97 Å². The molecule has 1 saturated heterocycles. The molecule has 1 aliphatic heterocycles. The van der Waals surface area contributed by atoms with Crippen LogP contribution >= 0.6 is 0 Å². The third-order valence-corrected chi connectivity index (χ3v) is 6.18. The first kappa shape index (κ1) is 24.2. The standard InChI is InChI=1S/C27H29N3O5/c1-17(2)16-35-22-9-10-24-23(15-22)26(32)30(18(3)28-24)21-7-5-19(6-8-21)25(31)29-13-11-20(12-14-29)27(33)34-4/h5-10,15,20H,1,11-14,16H2,2-4H3. The fraction of sp³-hybridized carbons (Fsp3) is 0.333. The molecule has 8 nitrogen and oxygen atoms in total. The monoisotopic (exact) mass is 475 g/mol. The third-order valence-electron chi connectivity index (χ3n) is 6.18. The zero-order valence-electron chi connectivity index (χ0n) is 20.2. The van der Waals surface area contributed by atoms with Crippen molar-refractivity contribution in [3.05, 3.63) is 76.4 Å². The van der Waals surface area contributed by atoms with Gasteiger partial charge in [-0.25, -0.2) is 4.98 Å². The van der Waals surface area contributed by atoms with Crippen molar-refractivity contribution in [2.75, 3.05) is 26.8 Å². The van der Waals surface area contributed by atoms with Crippen LogP contribution in [0, 0.1) is 12.8 Å². The fourth-order valence-electron chi connectivity index (χ4n) is 4.30. The molecule has 0 saturated carbocycles. The van der Waals surface area contributed by atoms with Crippen LogP contribution in [0.4, 0.5) is 0 Å². The van der Waals surface area contributed by atoms with Crippen molar-refractivity contribution in [1.82, 2.24) is 14.5 Å². The number of benzene rings is 2. The molecule has 0 atom stereocenters. The van der Waals surface area contributed by atoms with Crippen molar-refractivity contribution in [1.29, 1.82) is 0 Å². The Morgan fingerprint density at radius 3 is 2.43 bits per heavy atom. The summed E-state index contributed by atoms with van der Waals surface area (Å²) >= 11 is 0. The minimum Gasteiger partial charge on any atom is -0.489 e. The maximum absolute atomic E-state index is 13.4. The molecule has 0 bridgehead atoms. The largest absolute Gasteiger partial charge is 0.489 e. The highest BCUT2D eigenvalue weighted by atomic mass is 16.5. The number of fused-ring (bicyclic) bond motifs is 1. The van der Waals surface area contributed by atoms with Crippen LogP contribution in [0.25, 0.3) is 16.6 Å². The maximum Gasteiger partial charge on any atom is 0.308 e. The molecule has 0 aliphatic carbocycles. The zero-order valence-corrected chi connectivity index (χ0v) is 20.2. The second-order valence-electron chi connectivity index (χ2n) is 8.86. The second kappa shape index (κ2) is 10.1. The molecule has 8 heteroatoms. The quantitative estimate of drug-likeness (QED) is 0.399. The van der Waals surface area contributed by atoms with Crippen molar-refractivity contribution in [2.45, 2.75) is 26.7 Å². The Morgan fingerprint density at radius 2 is 1.80 bits per heavy atom. The first-order valence-electron chi connectivity index (χ1n) is 11.6. The lowest BCUT2D eigenvalue weighted by Crippen LogP contribution is -2.40. The molecule has 0 unspecified atom stereocenters. The van der Waals surface area contributed by atoms with Gasteiger partial charge in [-0.2, -0.15) is 0 Å². The van der Waals surface area contributed by atoms with Gasteiger partial charge in [0.05, 0.1) is 29.6 Å². The van der Waals surface area contributed by atoms with Gasteiger partial charge in [0.1, 0.15) is 18.2 Å². The molecular formula is C27H29N3O5. The topological polar surface area (TPSA) is 90.7 Å². The van der Waals surface area contributed by atoms with E-state index in [-0.39, 0.29) is 23.4 Å². The van der Waals surface area contributed by atoms with E-state index in [1.807, 2.05) is 6.92 Å². The third kappa shape index (κ3) is 5.11. The van der Waals surface area contributed by atoms with Gasteiger partial charge in [0.25, 0.3) is 11.5 Å². The number of rotatable bonds is 6. The number of carbonyl (C=O) groups excluding carboxylic acids is 2. The molecule has 2 aromatic carbocycles. The molecule has 35 heavy (non-hydrogen) atoms. The van der Waals surface area contributed by atoms with Crippen LogP contribution in [0.15, 0.2) is 59.4 Å². The van der Waals surface area contributed by atoms with Crippen LogP contribution in [0.1, 0.15) is 35.9 Å². The predicted octanol–water partition coefficient (Wildman–Crippen LogP) is 3.67. The summed E-state index contributed by atoms with van der Waals surface area (Å²) in [5.74, 6) is 0.641. The molecule has 1 aromatic heterocycles. The highest BCUT2D eigenvalue weighted by Crippen LogP contribution is 2.22. The van der Waals surface area contributed by atoms with Crippen molar-refractivity contribution in [3.8, 4) is 11.4 Å². The van der Waals surface area contributed by atoms with Crippen LogP contribution in [0.5, 0.6) is 5.75 Å². The summed E-state index contributed by atoms with van der Waals surface area (Å²) in [6, 6.07) is 12.2. The molecule has 3 aromatic rings. The van der Waals surface area contributed by atoms with Crippen molar-refractivity contribution in [3.63, 3.8) is 0 Å². The Hall–Kier alpha value is -3.94. The highest BCUT2D eigenvalue weighted by Gasteiger charge is 2.28. The Balaban J connectivity index is 1.56. The summed E-state index contributed by atoms with van der Waals surface area (Å²) in [6.07, 6.45) is 1.18. The number of ether oxygens (including phenoxy) is 2. The number of likely N-dealkylation sites (tertiary alicyclic amines) is 1. The van der Waals surface area contributed by atoms with Gasteiger partial charge in [-0.3, -0.25) is 19.0 Å². The number of methoxy groups -OCH3 is 1.